The molecule has 0 aromatic carbocycles. The van der Waals surface area contributed by atoms with E-state index in [0.717, 1.165) is 37.3 Å². The van der Waals surface area contributed by atoms with Gasteiger partial charge in [0.25, 0.3) is 0 Å². The van der Waals surface area contributed by atoms with Crippen LogP contribution in [0.3, 0.4) is 0 Å². The molecule has 0 aromatic heterocycles. The Morgan fingerprint density at radius 2 is 1.94 bits per heavy atom. The summed E-state index contributed by atoms with van der Waals surface area (Å²) in [6.07, 6.45) is 5.97. The minimum absolute atomic E-state index is 0.534. The van der Waals surface area contributed by atoms with E-state index >= 15 is 0 Å². The number of piperidine rings is 1. The molecule has 1 rings (SSSR count). The van der Waals surface area contributed by atoms with Gasteiger partial charge in [-0.15, -0.1) is 6.58 Å². The average molecular weight is 223 g/mol. The van der Waals surface area contributed by atoms with Crippen LogP contribution < -0.4 is 16.4 Å². The summed E-state index contributed by atoms with van der Waals surface area (Å²) < 4.78 is 0. The third kappa shape index (κ3) is 6.30. The number of hydrogen-bond donors (Lipinski definition) is 3. The third-order valence-corrected chi connectivity index (χ3v) is 2.47. The van der Waals surface area contributed by atoms with Crippen molar-refractivity contribution in [3.05, 3.63) is 36.7 Å². The summed E-state index contributed by atoms with van der Waals surface area (Å²) in [5, 5.41) is 6.28. The first-order chi connectivity index (χ1) is 7.65. The van der Waals surface area contributed by atoms with Gasteiger partial charge in [0.15, 0.2) is 0 Å². The summed E-state index contributed by atoms with van der Waals surface area (Å²) in [4.78, 5) is 0. The van der Waals surface area contributed by atoms with Crippen molar-refractivity contribution < 1.29 is 0 Å². The highest BCUT2D eigenvalue weighted by atomic mass is 14.9. The summed E-state index contributed by atoms with van der Waals surface area (Å²) in [6, 6.07) is 0. The van der Waals surface area contributed by atoms with Crippen molar-refractivity contribution >= 4 is 0 Å². The molecule has 1 aliphatic heterocycles. The van der Waals surface area contributed by atoms with Crippen LogP contribution in [0, 0.1) is 5.92 Å². The third-order valence-electron chi connectivity index (χ3n) is 2.47. The van der Waals surface area contributed by atoms with Crippen molar-refractivity contribution in [2.75, 3.05) is 20.1 Å². The quantitative estimate of drug-likeness (QED) is 0.505. The summed E-state index contributed by atoms with van der Waals surface area (Å²) in [7, 11) is 1.86. The van der Waals surface area contributed by atoms with E-state index in [9.17, 15) is 0 Å². The Morgan fingerprint density at radius 1 is 1.44 bits per heavy atom. The molecule has 92 valence electrons. The Morgan fingerprint density at radius 3 is 2.38 bits per heavy atom. The Labute approximate surface area is 99.5 Å². The van der Waals surface area contributed by atoms with Crippen molar-refractivity contribution in [3.8, 4) is 0 Å². The molecule has 0 radical (unpaired) electrons. The van der Waals surface area contributed by atoms with Gasteiger partial charge in [-0.3, -0.25) is 0 Å². The zero-order valence-corrected chi connectivity index (χ0v) is 10.6. The molecule has 4 N–H and O–H groups in total. The van der Waals surface area contributed by atoms with Crippen LogP contribution in [-0.4, -0.2) is 20.1 Å². The lowest BCUT2D eigenvalue weighted by Crippen LogP contribution is -2.30. The summed E-state index contributed by atoms with van der Waals surface area (Å²) in [5.74, 6) is 0.534. The number of likely N-dealkylation sites (N-methyl/N-ethyl adjacent to an activating group) is 1. The maximum Gasteiger partial charge on any atom is 0.0281 e. The number of hydrogen-bond acceptors (Lipinski definition) is 3. The molecule has 1 fully saturated rings. The zero-order valence-electron chi connectivity index (χ0n) is 10.6. The Balaban J connectivity index is 0.000000673. The van der Waals surface area contributed by atoms with Crippen molar-refractivity contribution in [1.29, 1.82) is 0 Å². The highest BCUT2D eigenvalue weighted by Crippen LogP contribution is 2.17. The largest absolute Gasteiger partial charge is 0.402 e. The van der Waals surface area contributed by atoms with Crippen molar-refractivity contribution in [1.82, 2.24) is 10.6 Å². The standard InChI is InChI=1S/C10H19N3.C3H6/c1-8(12-2)7-10(11)9-3-5-13-6-4-9;1-3-2/h7,9,12-13H,1,3-6,11H2,2H3;3H,1H2,2H3/b10-7-;. The van der Waals surface area contributed by atoms with Gasteiger partial charge >= 0.3 is 0 Å². The second kappa shape index (κ2) is 9.04. The summed E-state index contributed by atoms with van der Waals surface area (Å²) >= 11 is 0. The number of nitrogens with two attached hydrogens (primary N) is 1. The van der Waals surface area contributed by atoms with Gasteiger partial charge in [-0.2, -0.15) is 0 Å². The molecule has 0 unspecified atom stereocenters. The van der Waals surface area contributed by atoms with E-state index in [1.165, 1.54) is 0 Å². The number of nitrogens with one attached hydrogen (secondary N) is 2. The minimum Gasteiger partial charge on any atom is -0.402 e. The molecule has 0 spiro atoms. The molecule has 16 heavy (non-hydrogen) atoms. The highest BCUT2D eigenvalue weighted by Gasteiger charge is 2.14. The zero-order chi connectivity index (χ0) is 12.4. The molecule has 0 aromatic rings. The maximum absolute atomic E-state index is 5.96. The maximum atomic E-state index is 5.96. The molecule has 3 heteroatoms. The van der Waals surface area contributed by atoms with E-state index in [-0.39, 0.29) is 0 Å². The molecule has 0 amide bonds. The van der Waals surface area contributed by atoms with Crippen molar-refractivity contribution in [2.24, 2.45) is 11.7 Å². The second-order valence-electron chi connectivity index (χ2n) is 3.85. The Bertz CT molecular complexity index is 238. The van der Waals surface area contributed by atoms with Crippen molar-refractivity contribution in [2.45, 2.75) is 19.8 Å². The number of allylic oxidation sites excluding steroid dienone is 3. The van der Waals surface area contributed by atoms with Crippen LogP contribution in [0.2, 0.25) is 0 Å². The van der Waals surface area contributed by atoms with Crippen LogP contribution in [0.1, 0.15) is 19.8 Å². The highest BCUT2D eigenvalue weighted by molar-refractivity contribution is 5.19. The van der Waals surface area contributed by atoms with Crippen molar-refractivity contribution in [3.63, 3.8) is 0 Å². The molecule has 0 saturated carbocycles. The predicted molar refractivity (Wildman–Crippen MR) is 71.9 cm³/mol. The molecule has 1 aliphatic rings. The van der Waals surface area contributed by atoms with Crippen LogP contribution in [0.25, 0.3) is 0 Å². The average Bonchev–Trinajstić information content (AvgIpc) is 2.31. The first-order valence-electron chi connectivity index (χ1n) is 5.77. The summed E-state index contributed by atoms with van der Waals surface area (Å²) in [5.41, 5.74) is 7.80. The molecule has 1 saturated heterocycles. The van der Waals surface area contributed by atoms with Crippen LogP contribution in [0.5, 0.6) is 0 Å². The topological polar surface area (TPSA) is 50.1 Å². The Hall–Kier alpha value is -1.22. The predicted octanol–water partition coefficient (Wildman–Crippen LogP) is 1.75. The van der Waals surface area contributed by atoms with Gasteiger partial charge in [0, 0.05) is 24.4 Å². The molecular weight excluding hydrogens is 198 g/mol. The van der Waals surface area contributed by atoms with E-state index in [1.54, 1.807) is 6.08 Å². The lowest BCUT2D eigenvalue weighted by molar-refractivity contribution is 0.417. The SMILES string of the molecule is C=C(/C=C(\N)C1CCNCC1)NC.C=CC. The smallest absolute Gasteiger partial charge is 0.0281 e. The van der Waals surface area contributed by atoms with Crippen LogP contribution in [0.4, 0.5) is 0 Å². The first kappa shape index (κ1) is 14.8. The van der Waals surface area contributed by atoms with Gasteiger partial charge in [-0.25, -0.2) is 0 Å². The van der Waals surface area contributed by atoms with Gasteiger partial charge in [0.1, 0.15) is 0 Å². The molecule has 0 atom stereocenters. The molecule has 3 nitrogen and oxygen atoms in total. The van der Waals surface area contributed by atoms with E-state index in [1.807, 2.05) is 20.0 Å². The van der Waals surface area contributed by atoms with Gasteiger partial charge in [-0.05, 0) is 38.9 Å². The van der Waals surface area contributed by atoms with E-state index < -0.39 is 0 Å². The van der Waals surface area contributed by atoms with E-state index in [4.69, 9.17) is 5.73 Å². The molecule has 1 heterocycles. The van der Waals surface area contributed by atoms with Gasteiger partial charge < -0.3 is 16.4 Å². The molecular formula is C13H25N3. The van der Waals surface area contributed by atoms with Gasteiger partial charge in [0.2, 0.25) is 0 Å². The summed E-state index contributed by atoms with van der Waals surface area (Å²) in [6.45, 7) is 11.2. The normalized spacial score (nSPS) is 17.0. The first-order valence-corrected chi connectivity index (χ1v) is 5.77. The van der Waals surface area contributed by atoms with Crippen LogP contribution in [0.15, 0.2) is 36.7 Å². The number of rotatable bonds is 3. The van der Waals surface area contributed by atoms with Crippen LogP contribution in [-0.2, 0) is 0 Å². The minimum atomic E-state index is 0.534. The second-order valence-corrected chi connectivity index (χ2v) is 3.85. The van der Waals surface area contributed by atoms with E-state index in [0.29, 0.717) is 5.92 Å². The lowest BCUT2D eigenvalue weighted by atomic mass is 9.94. The van der Waals surface area contributed by atoms with E-state index in [2.05, 4.69) is 23.8 Å². The molecule has 0 aliphatic carbocycles. The fraction of sp³-hybridized carbons (Fsp3) is 0.538. The fourth-order valence-electron chi connectivity index (χ4n) is 1.55. The van der Waals surface area contributed by atoms with Gasteiger partial charge in [0.05, 0.1) is 0 Å². The fourth-order valence-corrected chi connectivity index (χ4v) is 1.55. The Kier molecular flexibility index (Phi) is 8.35. The monoisotopic (exact) mass is 223 g/mol. The van der Waals surface area contributed by atoms with Gasteiger partial charge in [-0.1, -0.05) is 12.7 Å². The lowest BCUT2D eigenvalue weighted by Gasteiger charge is -2.23. The van der Waals surface area contributed by atoms with Crippen LogP contribution >= 0.6 is 0 Å². The molecule has 0 bridgehead atoms.